The van der Waals surface area contributed by atoms with Crippen LogP contribution < -0.4 is 11.1 Å². The second-order valence-electron chi connectivity index (χ2n) is 5.87. The Hall–Kier alpha value is -1.26. The Balaban J connectivity index is 2.79. The number of carbonyl (C=O) groups is 1. The largest absolute Gasteiger partial charge is 0.409 e. The van der Waals surface area contributed by atoms with Crippen molar-refractivity contribution in [3.05, 3.63) is 0 Å². The molecule has 1 rings (SSSR count). The summed E-state index contributed by atoms with van der Waals surface area (Å²) in [5.41, 5.74) is 5.06. The molecule has 5 heteroatoms. The maximum Gasteiger partial charge on any atom is 0.233 e. The standard InChI is InChI=1S/C15H29N3O2/c1-3-12(4-2)11-17-14(19)15(13(16)18-20)9-7-5-6-8-10-15/h12,20H,3-11H2,1-2H3,(H2,16,18)(H,17,19). The number of hydrogen-bond acceptors (Lipinski definition) is 3. The molecule has 0 aromatic carbocycles. The van der Waals surface area contributed by atoms with Crippen LogP contribution in [0.1, 0.15) is 65.2 Å². The van der Waals surface area contributed by atoms with Gasteiger partial charge in [-0.25, -0.2) is 0 Å². The topological polar surface area (TPSA) is 87.7 Å². The van der Waals surface area contributed by atoms with E-state index in [2.05, 4.69) is 24.3 Å². The number of nitrogens with zero attached hydrogens (tertiary/aromatic N) is 1. The van der Waals surface area contributed by atoms with Crippen molar-refractivity contribution in [1.29, 1.82) is 0 Å². The lowest BCUT2D eigenvalue weighted by molar-refractivity contribution is -0.128. The van der Waals surface area contributed by atoms with E-state index in [-0.39, 0.29) is 11.7 Å². The molecular formula is C15H29N3O2. The molecule has 4 N–H and O–H groups in total. The van der Waals surface area contributed by atoms with Crippen LogP contribution in [0.4, 0.5) is 0 Å². The van der Waals surface area contributed by atoms with E-state index >= 15 is 0 Å². The number of hydrogen-bond donors (Lipinski definition) is 3. The molecule has 0 aliphatic heterocycles. The Labute approximate surface area is 122 Å². The number of nitrogens with one attached hydrogen (secondary N) is 1. The van der Waals surface area contributed by atoms with Crippen molar-refractivity contribution in [3.63, 3.8) is 0 Å². The first kappa shape index (κ1) is 16.8. The van der Waals surface area contributed by atoms with Crippen LogP contribution in [-0.2, 0) is 4.79 Å². The number of amidine groups is 1. The Bertz CT molecular complexity index is 330. The third kappa shape index (κ3) is 3.87. The van der Waals surface area contributed by atoms with Gasteiger partial charge in [0.2, 0.25) is 5.91 Å². The highest BCUT2D eigenvalue weighted by atomic mass is 16.4. The molecule has 1 saturated carbocycles. The second-order valence-corrected chi connectivity index (χ2v) is 5.87. The number of oxime groups is 1. The van der Waals surface area contributed by atoms with E-state index in [4.69, 9.17) is 10.9 Å². The van der Waals surface area contributed by atoms with Crippen LogP contribution in [0.5, 0.6) is 0 Å². The van der Waals surface area contributed by atoms with Crippen LogP contribution in [0.2, 0.25) is 0 Å². The SMILES string of the molecule is CCC(CC)CNC(=O)C1(C(N)=NO)CCCCCC1. The quantitative estimate of drug-likeness (QED) is 0.230. The first-order chi connectivity index (χ1) is 9.60. The third-order valence-corrected chi connectivity index (χ3v) is 4.70. The molecule has 0 spiro atoms. The normalized spacial score (nSPS) is 19.6. The van der Waals surface area contributed by atoms with E-state index in [1.165, 1.54) is 0 Å². The van der Waals surface area contributed by atoms with Gasteiger partial charge < -0.3 is 16.3 Å². The van der Waals surface area contributed by atoms with Gasteiger partial charge in [0.25, 0.3) is 0 Å². The zero-order valence-corrected chi connectivity index (χ0v) is 12.8. The maximum absolute atomic E-state index is 12.6. The number of rotatable bonds is 6. The number of carbonyl (C=O) groups excluding carboxylic acids is 1. The fourth-order valence-electron chi connectivity index (χ4n) is 3.01. The second kappa shape index (κ2) is 8.12. The minimum absolute atomic E-state index is 0.0680. The van der Waals surface area contributed by atoms with Crippen molar-refractivity contribution in [2.24, 2.45) is 22.2 Å². The van der Waals surface area contributed by atoms with E-state index in [9.17, 15) is 4.79 Å². The Morgan fingerprint density at radius 3 is 2.25 bits per heavy atom. The van der Waals surface area contributed by atoms with Crippen molar-refractivity contribution in [3.8, 4) is 0 Å². The highest BCUT2D eigenvalue weighted by Gasteiger charge is 2.42. The van der Waals surface area contributed by atoms with Crippen molar-refractivity contribution < 1.29 is 10.0 Å². The van der Waals surface area contributed by atoms with E-state index < -0.39 is 5.41 Å². The lowest BCUT2D eigenvalue weighted by atomic mass is 9.78. The van der Waals surface area contributed by atoms with Crippen molar-refractivity contribution >= 4 is 11.7 Å². The zero-order chi connectivity index (χ0) is 15.0. The van der Waals surface area contributed by atoms with E-state index in [0.717, 1.165) is 38.5 Å². The zero-order valence-electron chi connectivity index (χ0n) is 12.8. The van der Waals surface area contributed by atoms with Crippen LogP contribution in [0.25, 0.3) is 0 Å². The minimum atomic E-state index is -0.808. The number of nitrogens with two attached hydrogens (primary N) is 1. The van der Waals surface area contributed by atoms with Crippen LogP contribution >= 0.6 is 0 Å². The molecule has 1 aliphatic carbocycles. The smallest absolute Gasteiger partial charge is 0.233 e. The molecule has 116 valence electrons. The maximum atomic E-state index is 12.6. The van der Waals surface area contributed by atoms with Gasteiger partial charge in [-0.2, -0.15) is 0 Å². The molecule has 0 bridgehead atoms. The van der Waals surface area contributed by atoms with Crippen molar-refractivity contribution in [1.82, 2.24) is 5.32 Å². The minimum Gasteiger partial charge on any atom is -0.409 e. The van der Waals surface area contributed by atoms with Gasteiger partial charge in [-0.05, 0) is 18.8 Å². The molecular weight excluding hydrogens is 254 g/mol. The van der Waals surface area contributed by atoms with Crippen molar-refractivity contribution in [2.75, 3.05) is 6.54 Å². The van der Waals surface area contributed by atoms with Gasteiger partial charge in [0.05, 0.1) is 0 Å². The first-order valence-corrected chi connectivity index (χ1v) is 7.87. The summed E-state index contributed by atoms with van der Waals surface area (Å²) in [5.74, 6) is 0.497. The third-order valence-electron chi connectivity index (χ3n) is 4.70. The molecule has 0 saturated heterocycles. The van der Waals surface area contributed by atoms with E-state index in [1.54, 1.807) is 0 Å². The average Bonchev–Trinajstić information content (AvgIpc) is 2.74. The molecule has 0 aromatic rings. The molecule has 0 heterocycles. The molecule has 0 unspecified atom stereocenters. The average molecular weight is 283 g/mol. The Kier molecular flexibility index (Phi) is 6.82. The summed E-state index contributed by atoms with van der Waals surface area (Å²) >= 11 is 0. The lowest BCUT2D eigenvalue weighted by Gasteiger charge is -2.30. The Morgan fingerprint density at radius 1 is 1.25 bits per heavy atom. The fourth-order valence-corrected chi connectivity index (χ4v) is 3.01. The molecule has 1 amide bonds. The van der Waals surface area contributed by atoms with Gasteiger partial charge in [0, 0.05) is 6.54 Å². The summed E-state index contributed by atoms with van der Waals surface area (Å²) in [6.07, 6.45) is 7.58. The molecule has 5 nitrogen and oxygen atoms in total. The molecule has 0 aromatic heterocycles. The monoisotopic (exact) mass is 283 g/mol. The van der Waals surface area contributed by atoms with Gasteiger partial charge in [0.1, 0.15) is 5.41 Å². The summed E-state index contributed by atoms with van der Waals surface area (Å²) < 4.78 is 0. The molecule has 1 fully saturated rings. The predicted octanol–water partition coefficient (Wildman–Crippen LogP) is 2.63. The van der Waals surface area contributed by atoms with E-state index in [0.29, 0.717) is 25.3 Å². The molecule has 0 radical (unpaired) electrons. The van der Waals surface area contributed by atoms with Gasteiger partial charge in [-0.1, -0.05) is 57.5 Å². The molecule has 1 aliphatic rings. The summed E-state index contributed by atoms with van der Waals surface area (Å²) in [6, 6.07) is 0. The molecule has 20 heavy (non-hydrogen) atoms. The lowest BCUT2D eigenvalue weighted by Crippen LogP contribution is -2.50. The summed E-state index contributed by atoms with van der Waals surface area (Å²) in [4.78, 5) is 12.6. The fraction of sp³-hybridized carbons (Fsp3) is 0.867. The van der Waals surface area contributed by atoms with Crippen LogP contribution in [0.3, 0.4) is 0 Å². The van der Waals surface area contributed by atoms with Gasteiger partial charge in [0.15, 0.2) is 5.84 Å². The Morgan fingerprint density at radius 2 is 1.80 bits per heavy atom. The summed E-state index contributed by atoms with van der Waals surface area (Å²) in [5, 5.41) is 15.2. The van der Waals surface area contributed by atoms with E-state index in [1.807, 2.05) is 0 Å². The van der Waals surface area contributed by atoms with Crippen LogP contribution in [0.15, 0.2) is 5.16 Å². The summed E-state index contributed by atoms with van der Waals surface area (Å²) in [7, 11) is 0. The van der Waals surface area contributed by atoms with Gasteiger partial charge >= 0.3 is 0 Å². The molecule has 0 atom stereocenters. The number of amides is 1. The summed E-state index contributed by atoms with van der Waals surface area (Å²) in [6.45, 7) is 4.93. The van der Waals surface area contributed by atoms with Crippen molar-refractivity contribution in [2.45, 2.75) is 65.2 Å². The highest BCUT2D eigenvalue weighted by Crippen LogP contribution is 2.35. The predicted molar refractivity (Wildman–Crippen MR) is 80.6 cm³/mol. The van der Waals surface area contributed by atoms with Crippen LogP contribution in [-0.4, -0.2) is 23.5 Å². The first-order valence-electron chi connectivity index (χ1n) is 7.87. The van der Waals surface area contributed by atoms with Gasteiger partial charge in [-0.3, -0.25) is 4.79 Å². The van der Waals surface area contributed by atoms with Crippen LogP contribution in [0, 0.1) is 11.3 Å². The highest BCUT2D eigenvalue weighted by molar-refractivity contribution is 6.06. The van der Waals surface area contributed by atoms with Gasteiger partial charge in [-0.15, -0.1) is 0 Å².